The minimum Gasteiger partial charge on any atom is -0.508 e. The third-order valence-electron chi connectivity index (χ3n) is 10.9. The fourth-order valence-electron chi connectivity index (χ4n) is 7.00. The van der Waals surface area contributed by atoms with Crippen molar-refractivity contribution < 1.29 is 54.0 Å². The monoisotopic (exact) mass is 942 g/mol. The Bertz CT molecular complexity index is 2250. The number of carbonyl (C=O) groups excluding carboxylic acids is 6. The van der Waals surface area contributed by atoms with Gasteiger partial charge in [-0.1, -0.05) is 72.8 Å². The van der Waals surface area contributed by atoms with Crippen molar-refractivity contribution in [1.29, 1.82) is 0 Å². The number of nitrogens with one attached hydrogen (secondary N) is 7. The lowest BCUT2D eigenvalue weighted by molar-refractivity contribution is -0.142. The lowest BCUT2D eigenvalue weighted by atomic mass is 10.0. The maximum atomic E-state index is 14.5. The normalized spacial score (nSPS) is 15.1. The molecule has 0 aliphatic carbocycles. The fraction of sp³-hybridized carbons (Fsp3) is 0.404. The highest BCUT2D eigenvalue weighted by Crippen LogP contribution is 2.14. The van der Waals surface area contributed by atoms with Gasteiger partial charge in [0, 0.05) is 37.6 Å². The molecule has 68 heavy (non-hydrogen) atoms. The van der Waals surface area contributed by atoms with Gasteiger partial charge in [-0.2, -0.15) is 0 Å². The summed E-state index contributed by atoms with van der Waals surface area (Å²) in [5.74, 6) is -6.72. The number of aliphatic carboxylic acids is 1. The Hall–Kier alpha value is -7.20. The Balaban J connectivity index is 1.63. The van der Waals surface area contributed by atoms with Gasteiger partial charge in [0.1, 0.15) is 48.0 Å². The molecule has 0 aliphatic heterocycles. The Morgan fingerprint density at radius 1 is 0.574 bits per heavy atom. The molecule has 0 radical (unpaired) electrons. The number of aromatic hydroxyl groups is 1. The lowest BCUT2D eigenvalue weighted by Gasteiger charge is -2.28. The van der Waals surface area contributed by atoms with Crippen LogP contribution in [0.25, 0.3) is 0 Å². The highest BCUT2D eigenvalue weighted by atomic mass is 16.4. The molecule has 366 valence electrons. The van der Waals surface area contributed by atoms with Crippen LogP contribution in [0.15, 0.2) is 97.5 Å². The number of unbranched alkanes of at least 4 members (excludes halogenated alkanes) is 1. The van der Waals surface area contributed by atoms with E-state index in [0.29, 0.717) is 35.2 Å². The molecule has 0 saturated heterocycles. The molecule has 9 atom stereocenters. The molecule has 6 amide bonds. The number of hydrogen-bond acceptors (Lipinski definition) is 13. The second kappa shape index (κ2) is 26.8. The Morgan fingerprint density at radius 3 is 1.50 bits per heavy atom. The van der Waals surface area contributed by atoms with Gasteiger partial charge < -0.3 is 68.8 Å². The van der Waals surface area contributed by atoms with Gasteiger partial charge in [-0.05, 0) is 68.5 Å². The Labute approximate surface area is 393 Å². The summed E-state index contributed by atoms with van der Waals surface area (Å²) < 4.78 is 0. The summed E-state index contributed by atoms with van der Waals surface area (Å²) in [4.78, 5) is 103. The number of carbonyl (C=O) groups is 7. The maximum absolute atomic E-state index is 14.5. The number of aliphatic hydroxyl groups is 2. The second-order valence-corrected chi connectivity index (χ2v) is 16.5. The number of aromatic nitrogens is 2. The summed E-state index contributed by atoms with van der Waals surface area (Å²) in [5.41, 5.74) is 13.5. The van der Waals surface area contributed by atoms with Crippen LogP contribution in [0, 0.1) is 0 Å². The van der Waals surface area contributed by atoms with Gasteiger partial charge in [0.05, 0.1) is 18.5 Å². The number of hydrogen-bond donors (Lipinski definition) is 13. The zero-order valence-electron chi connectivity index (χ0n) is 37.8. The van der Waals surface area contributed by atoms with Crippen LogP contribution in [0.1, 0.15) is 55.5 Å². The molecule has 0 unspecified atom stereocenters. The first-order valence-electron chi connectivity index (χ1n) is 22.2. The second-order valence-electron chi connectivity index (χ2n) is 16.5. The molecule has 21 heteroatoms. The number of aliphatic hydroxyl groups excluding tert-OH is 2. The number of imidazole rings is 1. The van der Waals surface area contributed by atoms with Gasteiger partial charge in [-0.3, -0.25) is 28.8 Å². The van der Waals surface area contributed by atoms with Gasteiger partial charge >= 0.3 is 5.97 Å². The van der Waals surface area contributed by atoms with Crippen molar-refractivity contribution in [3.05, 3.63) is 120 Å². The molecule has 0 fully saturated rings. The van der Waals surface area contributed by atoms with E-state index in [1.54, 1.807) is 60.7 Å². The van der Waals surface area contributed by atoms with E-state index in [-0.39, 0.29) is 44.4 Å². The van der Waals surface area contributed by atoms with E-state index in [2.05, 4.69) is 41.9 Å². The van der Waals surface area contributed by atoms with Crippen LogP contribution in [-0.2, 0) is 59.2 Å². The number of amides is 6. The van der Waals surface area contributed by atoms with Crippen molar-refractivity contribution in [2.24, 2.45) is 11.5 Å². The van der Waals surface area contributed by atoms with Gasteiger partial charge in [-0.15, -0.1) is 0 Å². The smallest absolute Gasteiger partial charge is 0.326 e. The van der Waals surface area contributed by atoms with Crippen LogP contribution in [0.3, 0.4) is 0 Å². The lowest BCUT2D eigenvalue weighted by Crippen LogP contribution is -2.62. The number of carboxylic acid groups (broad SMARTS) is 1. The van der Waals surface area contributed by atoms with Crippen LogP contribution >= 0.6 is 0 Å². The van der Waals surface area contributed by atoms with Crippen LogP contribution in [0.2, 0.25) is 0 Å². The number of phenols is 1. The van der Waals surface area contributed by atoms with Crippen molar-refractivity contribution in [1.82, 2.24) is 41.9 Å². The maximum Gasteiger partial charge on any atom is 0.326 e. The third-order valence-corrected chi connectivity index (χ3v) is 10.9. The molecule has 1 heterocycles. The Morgan fingerprint density at radius 2 is 1.03 bits per heavy atom. The van der Waals surface area contributed by atoms with E-state index in [0.717, 1.165) is 0 Å². The van der Waals surface area contributed by atoms with Crippen molar-refractivity contribution in [3.8, 4) is 5.75 Å². The largest absolute Gasteiger partial charge is 0.508 e. The number of phenolic OH excluding ortho intramolecular Hbond substituents is 1. The summed E-state index contributed by atoms with van der Waals surface area (Å²) in [6, 6.07) is 12.9. The highest BCUT2D eigenvalue weighted by Gasteiger charge is 2.36. The predicted molar refractivity (Wildman–Crippen MR) is 248 cm³/mol. The molecule has 0 spiro atoms. The summed E-state index contributed by atoms with van der Waals surface area (Å²) in [7, 11) is 0. The van der Waals surface area contributed by atoms with Crippen LogP contribution < -0.4 is 43.4 Å². The first-order valence-corrected chi connectivity index (χ1v) is 22.2. The first-order chi connectivity index (χ1) is 32.4. The fourth-order valence-corrected chi connectivity index (χ4v) is 7.00. The summed E-state index contributed by atoms with van der Waals surface area (Å²) in [5, 5.41) is 56.1. The first kappa shape index (κ1) is 53.4. The number of benzene rings is 3. The molecule has 4 aromatic rings. The van der Waals surface area contributed by atoms with Crippen molar-refractivity contribution in [3.63, 3.8) is 0 Å². The standard InChI is InChI=1S/C47H62N10O11/c1-27(58)39(49)45(65)52-34(15-9-10-20-48)41(61)57-40(28(2)59)46(66)55-36(22-31-16-18-33(60)19-17-31)43(63)53-35(21-29-11-5-3-6-12-29)42(62)54-37(24-32-25-50-26-51-32)44(64)56-38(47(67)68)23-30-13-7-4-8-14-30/h3-8,11-14,16-19,25-28,34-40,58-60H,9-10,15,20-24,48-49H2,1-2H3,(H,50,51)(H,52,65)(H,53,63)(H,54,62)(H,55,66)(H,56,64)(H,57,61)(H,67,68)/t27-,28-,34+,35+,36+,37+,38+,39+,40+/m1/s1. The zero-order chi connectivity index (χ0) is 49.8. The SMILES string of the molecule is C[C@@H](O)[C@H](N)C(=O)N[C@@H](CCCCN)C(=O)N[C@H](C(=O)N[C@@H](Cc1ccc(O)cc1)C(=O)N[C@@H](Cc1ccccc1)C(=O)N[C@@H](Cc1cnc[nH]1)C(=O)N[C@@H](Cc1ccccc1)C(=O)O)[C@@H](C)O. The van der Waals surface area contributed by atoms with E-state index < -0.39 is 95.9 Å². The number of rotatable bonds is 27. The number of H-pyrrole nitrogens is 1. The van der Waals surface area contributed by atoms with Gasteiger partial charge in [0.15, 0.2) is 0 Å². The van der Waals surface area contributed by atoms with Crippen molar-refractivity contribution in [2.75, 3.05) is 6.54 Å². The number of carboxylic acids is 1. The number of aromatic amines is 1. The molecule has 1 aromatic heterocycles. The van der Waals surface area contributed by atoms with Gasteiger partial charge in [0.2, 0.25) is 35.4 Å². The molecule has 15 N–H and O–H groups in total. The average molecular weight is 943 g/mol. The molecule has 0 aliphatic rings. The van der Waals surface area contributed by atoms with E-state index in [4.69, 9.17) is 11.5 Å². The van der Waals surface area contributed by atoms with E-state index >= 15 is 0 Å². The summed E-state index contributed by atoms with van der Waals surface area (Å²) in [6.07, 6.45) is 0.351. The van der Waals surface area contributed by atoms with Crippen LogP contribution in [0.4, 0.5) is 0 Å². The molecular formula is C47H62N10O11. The minimum absolute atomic E-state index is 0.0579. The molecular weight excluding hydrogens is 881 g/mol. The number of nitrogens with two attached hydrogens (primary N) is 2. The average Bonchev–Trinajstić information content (AvgIpc) is 3.83. The molecule has 0 saturated carbocycles. The third kappa shape index (κ3) is 17.2. The molecule has 4 rings (SSSR count). The van der Waals surface area contributed by atoms with Gasteiger partial charge in [0.25, 0.3) is 0 Å². The Kier molecular flexibility index (Phi) is 21.1. The van der Waals surface area contributed by atoms with Gasteiger partial charge in [-0.25, -0.2) is 9.78 Å². The van der Waals surface area contributed by atoms with Crippen molar-refractivity contribution >= 4 is 41.4 Å². The van der Waals surface area contributed by atoms with E-state index in [9.17, 15) is 54.0 Å². The number of nitrogens with zero attached hydrogens (tertiary/aromatic N) is 1. The summed E-state index contributed by atoms with van der Waals surface area (Å²) in [6.45, 7) is 2.81. The molecule has 21 nitrogen and oxygen atoms in total. The van der Waals surface area contributed by atoms with E-state index in [1.165, 1.54) is 50.6 Å². The van der Waals surface area contributed by atoms with Crippen LogP contribution in [-0.4, -0.2) is 133 Å². The molecule has 0 bridgehead atoms. The topological polar surface area (TPSA) is 353 Å². The van der Waals surface area contributed by atoms with Crippen LogP contribution in [0.5, 0.6) is 5.75 Å². The predicted octanol–water partition coefficient (Wildman–Crippen LogP) is -1.40. The quantitative estimate of drug-likeness (QED) is 0.0306. The zero-order valence-corrected chi connectivity index (χ0v) is 37.8. The highest BCUT2D eigenvalue weighted by molar-refractivity contribution is 5.97. The van der Waals surface area contributed by atoms with Crippen molar-refractivity contribution in [2.45, 2.75) is 113 Å². The van der Waals surface area contributed by atoms with E-state index in [1.807, 2.05) is 0 Å². The molecule has 3 aromatic carbocycles. The summed E-state index contributed by atoms with van der Waals surface area (Å²) >= 11 is 0. The minimum atomic E-state index is -1.70.